The number of carbonyl (C=O) groups excluding carboxylic acids is 1. The van der Waals surface area contributed by atoms with Gasteiger partial charge in [-0.3, -0.25) is 14.2 Å². The molecule has 0 aromatic carbocycles. The summed E-state index contributed by atoms with van der Waals surface area (Å²) in [6.45, 7) is 3.84. The van der Waals surface area contributed by atoms with E-state index in [1.807, 2.05) is 16.3 Å². The van der Waals surface area contributed by atoms with Crippen LogP contribution < -0.4 is 5.56 Å². The molecular formula is C14H17N3O2S. The molecule has 1 atom stereocenters. The van der Waals surface area contributed by atoms with Gasteiger partial charge in [0.05, 0.1) is 11.8 Å². The summed E-state index contributed by atoms with van der Waals surface area (Å²) in [6.07, 6.45) is 3.69. The first kappa shape index (κ1) is 13.3. The van der Waals surface area contributed by atoms with Crippen LogP contribution in [0.3, 0.4) is 0 Å². The van der Waals surface area contributed by atoms with Crippen molar-refractivity contribution in [3.05, 3.63) is 28.1 Å². The van der Waals surface area contributed by atoms with Crippen LogP contribution in [-0.4, -0.2) is 33.4 Å². The zero-order chi connectivity index (χ0) is 14.1. The van der Waals surface area contributed by atoms with Gasteiger partial charge < -0.3 is 4.90 Å². The molecular weight excluding hydrogens is 274 g/mol. The zero-order valence-corrected chi connectivity index (χ0v) is 12.2. The molecule has 0 N–H and O–H groups in total. The van der Waals surface area contributed by atoms with Crippen molar-refractivity contribution in [2.75, 3.05) is 13.1 Å². The first-order chi connectivity index (χ1) is 9.65. The lowest BCUT2D eigenvalue weighted by atomic mass is 10.0. The van der Waals surface area contributed by atoms with E-state index < -0.39 is 0 Å². The summed E-state index contributed by atoms with van der Waals surface area (Å²) < 4.78 is 2.03. The molecule has 20 heavy (non-hydrogen) atoms. The van der Waals surface area contributed by atoms with Gasteiger partial charge in [0.25, 0.3) is 5.56 Å². The summed E-state index contributed by atoms with van der Waals surface area (Å²) in [5.74, 6) is 0.554. The molecule has 0 radical (unpaired) electrons. The van der Waals surface area contributed by atoms with E-state index in [1.54, 1.807) is 0 Å². The Labute approximate surface area is 120 Å². The van der Waals surface area contributed by atoms with Crippen LogP contribution in [0.25, 0.3) is 10.2 Å². The van der Waals surface area contributed by atoms with Crippen molar-refractivity contribution in [3.8, 4) is 0 Å². The van der Waals surface area contributed by atoms with Crippen LogP contribution >= 0.6 is 11.3 Å². The summed E-state index contributed by atoms with van der Waals surface area (Å²) in [5.41, 5.74) is 0.582. The van der Waals surface area contributed by atoms with Crippen molar-refractivity contribution in [1.29, 1.82) is 0 Å². The van der Waals surface area contributed by atoms with Gasteiger partial charge in [0.15, 0.2) is 0 Å². The Morgan fingerprint density at radius 3 is 3.20 bits per heavy atom. The fraction of sp³-hybridized carbons (Fsp3) is 0.500. The lowest BCUT2D eigenvalue weighted by Crippen LogP contribution is -2.42. The average Bonchev–Trinajstić information content (AvgIpc) is 2.91. The van der Waals surface area contributed by atoms with Crippen LogP contribution in [0, 0.1) is 5.92 Å². The highest BCUT2D eigenvalue weighted by molar-refractivity contribution is 7.17. The van der Waals surface area contributed by atoms with Crippen molar-refractivity contribution < 1.29 is 4.79 Å². The molecule has 3 heterocycles. The minimum absolute atomic E-state index is 0.0105. The average molecular weight is 291 g/mol. The van der Waals surface area contributed by atoms with E-state index in [-0.39, 0.29) is 18.0 Å². The maximum atomic E-state index is 12.3. The molecule has 1 fully saturated rings. The van der Waals surface area contributed by atoms with E-state index in [1.165, 1.54) is 28.7 Å². The largest absolute Gasteiger partial charge is 0.341 e. The van der Waals surface area contributed by atoms with E-state index >= 15 is 0 Å². The van der Waals surface area contributed by atoms with Crippen LogP contribution in [0.4, 0.5) is 0 Å². The first-order valence-corrected chi connectivity index (χ1v) is 7.73. The molecule has 1 aliphatic heterocycles. The number of thiophene rings is 1. The van der Waals surface area contributed by atoms with Crippen LogP contribution in [0.5, 0.6) is 0 Å². The first-order valence-electron chi connectivity index (χ1n) is 6.85. The summed E-state index contributed by atoms with van der Waals surface area (Å²) in [6, 6.07) is 1.82. The number of piperidine rings is 1. The summed E-state index contributed by atoms with van der Waals surface area (Å²) in [4.78, 5) is 30.6. The minimum Gasteiger partial charge on any atom is -0.341 e. The smallest absolute Gasteiger partial charge is 0.271 e. The van der Waals surface area contributed by atoms with Crippen molar-refractivity contribution in [2.45, 2.75) is 26.3 Å². The third-order valence-corrected chi connectivity index (χ3v) is 4.64. The molecule has 0 unspecified atom stereocenters. The van der Waals surface area contributed by atoms with Gasteiger partial charge in [-0.1, -0.05) is 6.92 Å². The Morgan fingerprint density at radius 2 is 2.40 bits per heavy atom. The molecule has 1 saturated heterocycles. The fourth-order valence-electron chi connectivity index (χ4n) is 2.65. The SMILES string of the molecule is C[C@@H]1CCCN(C(=O)Cn2cnc3ccsc3c2=O)C1. The van der Waals surface area contributed by atoms with Crippen LogP contribution in [0.2, 0.25) is 0 Å². The number of nitrogens with zero attached hydrogens (tertiary/aromatic N) is 3. The maximum absolute atomic E-state index is 12.3. The molecule has 0 aliphatic carbocycles. The molecule has 2 aromatic rings. The van der Waals surface area contributed by atoms with Crippen LogP contribution in [0.15, 0.2) is 22.6 Å². The molecule has 3 rings (SSSR count). The number of aromatic nitrogens is 2. The van der Waals surface area contributed by atoms with Crippen molar-refractivity contribution in [1.82, 2.24) is 14.5 Å². The van der Waals surface area contributed by atoms with Gasteiger partial charge in [-0.15, -0.1) is 11.3 Å². The fourth-order valence-corrected chi connectivity index (χ4v) is 3.45. The Hall–Kier alpha value is -1.69. The molecule has 5 nitrogen and oxygen atoms in total. The van der Waals surface area contributed by atoms with Gasteiger partial charge in [-0.2, -0.15) is 0 Å². The number of rotatable bonds is 2. The second-order valence-electron chi connectivity index (χ2n) is 5.40. The summed E-state index contributed by atoms with van der Waals surface area (Å²) >= 11 is 1.37. The Kier molecular flexibility index (Phi) is 3.56. The second-order valence-corrected chi connectivity index (χ2v) is 6.32. The number of likely N-dealkylation sites (tertiary alicyclic amines) is 1. The lowest BCUT2D eigenvalue weighted by molar-refractivity contribution is -0.133. The predicted molar refractivity (Wildman–Crippen MR) is 78.9 cm³/mol. The van der Waals surface area contributed by atoms with E-state index in [0.29, 0.717) is 16.1 Å². The molecule has 6 heteroatoms. The van der Waals surface area contributed by atoms with Crippen molar-refractivity contribution >= 4 is 27.5 Å². The van der Waals surface area contributed by atoms with E-state index in [4.69, 9.17) is 0 Å². The molecule has 0 bridgehead atoms. The van der Waals surface area contributed by atoms with Crippen molar-refractivity contribution in [2.24, 2.45) is 5.92 Å². The number of fused-ring (bicyclic) bond motifs is 1. The van der Waals surface area contributed by atoms with Crippen LogP contribution in [0.1, 0.15) is 19.8 Å². The number of amides is 1. The quantitative estimate of drug-likeness (QED) is 0.846. The Morgan fingerprint density at radius 1 is 1.55 bits per heavy atom. The third-order valence-electron chi connectivity index (χ3n) is 3.75. The number of carbonyl (C=O) groups is 1. The monoisotopic (exact) mass is 291 g/mol. The van der Waals surface area contributed by atoms with Gasteiger partial charge in [0.2, 0.25) is 5.91 Å². The predicted octanol–water partition coefficient (Wildman–Crippen LogP) is 1.72. The molecule has 106 valence electrons. The van der Waals surface area contributed by atoms with E-state index in [9.17, 15) is 9.59 Å². The molecule has 1 amide bonds. The van der Waals surface area contributed by atoms with Gasteiger partial charge in [0, 0.05) is 13.1 Å². The van der Waals surface area contributed by atoms with E-state index in [2.05, 4.69) is 11.9 Å². The molecule has 1 aliphatic rings. The molecule has 2 aromatic heterocycles. The number of hydrogen-bond acceptors (Lipinski definition) is 4. The van der Waals surface area contributed by atoms with Crippen molar-refractivity contribution in [3.63, 3.8) is 0 Å². The highest BCUT2D eigenvalue weighted by Crippen LogP contribution is 2.16. The highest BCUT2D eigenvalue weighted by atomic mass is 32.1. The summed E-state index contributed by atoms with van der Waals surface area (Å²) in [5, 5.41) is 1.84. The van der Waals surface area contributed by atoms with Gasteiger partial charge in [-0.05, 0) is 30.2 Å². The van der Waals surface area contributed by atoms with Gasteiger partial charge >= 0.3 is 0 Å². The van der Waals surface area contributed by atoms with Gasteiger partial charge in [0.1, 0.15) is 11.2 Å². The van der Waals surface area contributed by atoms with Gasteiger partial charge in [-0.25, -0.2) is 4.98 Å². The minimum atomic E-state index is -0.122. The summed E-state index contributed by atoms with van der Waals surface area (Å²) in [7, 11) is 0. The topological polar surface area (TPSA) is 55.2 Å². The Bertz CT molecular complexity index is 691. The van der Waals surface area contributed by atoms with E-state index in [0.717, 1.165) is 19.5 Å². The highest BCUT2D eigenvalue weighted by Gasteiger charge is 2.21. The number of hydrogen-bond donors (Lipinski definition) is 0. The molecule has 0 spiro atoms. The van der Waals surface area contributed by atoms with Crippen LogP contribution in [-0.2, 0) is 11.3 Å². The standard InChI is InChI=1S/C14H17N3O2S/c1-10-3-2-5-16(7-10)12(18)8-17-9-15-11-4-6-20-13(11)14(17)19/h4,6,9-10H,2-3,5,7-8H2,1H3/t10-/m1/s1. The normalized spacial score (nSPS) is 19.4. The Balaban J connectivity index is 1.80. The maximum Gasteiger partial charge on any atom is 0.271 e. The molecule has 0 saturated carbocycles. The third kappa shape index (κ3) is 2.47. The lowest BCUT2D eigenvalue weighted by Gasteiger charge is -2.31. The zero-order valence-electron chi connectivity index (χ0n) is 11.4. The second kappa shape index (κ2) is 5.36.